The Morgan fingerprint density at radius 2 is 1.11 bits per heavy atom. The third-order valence-electron chi connectivity index (χ3n) is 4.78. The predicted octanol–water partition coefficient (Wildman–Crippen LogP) is 2.62. The van der Waals surface area contributed by atoms with Crippen LogP contribution in [0, 0.1) is 0 Å². The molecule has 2 heterocycles. The molecule has 2 aliphatic heterocycles. The number of hydrogen-bond acceptors (Lipinski definition) is 6. The summed E-state index contributed by atoms with van der Waals surface area (Å²) in [5.41, 5.74) is 1.87. The minimum Gasteiger partial charge on any atom is -0.425 e. The molecule has 2 fully saturated rings. The van der Waals surface area contributed by atoms with E-state index in [4.69, 9.17) is 18.9 Å². The van der Waals surface area contributed by atoms with Crippen molar-refractivity contribution in [2.75, 3.05) is 13.2 Å². The molecule has 2 saturated heterocycles. The quantitative estimate of drug-likeness (QED) is 0.443. The van der Waals surface area contributed by atoms with Crippen LogP contribution in [-0.4, -0.2) is 37.4 Å². The average molecular weight is 368 g/mol. The smallest absolute Gasteiger partial charge is 0.343 e. The van der Waals surface area contributed by atoms with Crippen LogP contribution in [0.3, 0.4) is 0 Å². The van der Waals surface area contributed by atoms with Gasteiger partial charge in [0.25, 0.3) is 0 Å². The second kappa shape index (κ2) is 6.79. The monoisotopic (exact) mass is 368 g/mol. The molecule has 2 aromatic carbocycles. The van der Waals surface area contributed by atoms with Crippen molar-refractivity contribution in [2.24, 2.45) is 0 Å². The third kappa shape index (κ3) is 4.02. The van der Waals surface area contributed by atoms with Crippen LogP contribution in [0.1, 0.15) is 25.0 Å². The molecular weight excluding hydrogens is 348 g/mol. The molecule has 140 valence electrons. The molecule has 0 amide bonds. The average Bonchev–Trinajstić information content (AvgIpc) is 3.55. The van der Waals surface area contributed by atoms with Crippen LogP contribution in [0.15, 0.2) is 48.5 Å². The maximum absolute atomic E-state index is 11.6. The van der Waals surface area contributed by atoms with E-state index in [9.17, 15) is 9.59 Å². The first kappa shape index (κ1) is 17.7. The second-order valence-corrected chi connectivity index (χ2v) is 7.16. The fourth-order valence-corrected chi connectivity index (χ4v) is 2.78. The largest absolute Gasteiger partial charge is 0.425 e. The lowest BCUT2D eigenvalue weighted by Gasteiger charge is -2.26. The summed E-state index contributed by atoms with van der Waals surface area (Å²) in [6.07, 6.45) is -0.833. The van der Waals surface area contributed by atoms with Gasteiger partial charge in [-0.3, -0.25) is 0 Å². The first-order valence-corrected chi connectivity index (χ1v) is 8.81. The molecular formula is C21H20O6. The van der Waals surface area contributed by atoms with Crippen molar-refractivity contribution in [1.29, 1.82) is 0 Å². The highest BCUT2D eigenvalue weighted by atomic mass is 16.6. The standard InChI is InChI=1S/C21H20O6/c1-21(2,13-3-7-15(8-4-13)26-19(22)17-11-24-17)14-5-9-16(10-6-14)27-20(23)18-12-25-18/h3-10,17-18H,11-12H2,1-2H3. The van der Waals surface area contributed by atoms with Crippen LogP contribution in [0.5, 0.6) is 11.5 Å². The molecule has 0 bridgehead atoms. The second-order valence-electron chi connectivity index (χ2n) is 7.16. The van der Waals surface area contributed by atoms with Crippen molar-refractivity contribution in [1.82, 2.24) is 0 Å². The summed E-state index contributed by atoms with van der Waals surface area (Å²) in [6, 6.07) is 14.9. The molecule has 0 aromatic heterocycles. The van der Waals surface area contributed by atoms with E-state index in [1.165, 1.54) is 0 Å². The number of carbonyl (C=O) groups excluding carboxylic acids is 2. The van der Waals surface area contributed by atoms with E-state index in [0.717, 1.165) is 11.1 Å². The van der Waals surface area contributed by atoms with Crippen molar-refractivity contribution in [3.63, 3.8) is 0 Å². The molecule has 6 nitrogen and oxygen atoms in total. The van der Waals surface area contributed by atoms with Crippen molar-refractivity contribution in [3.05, 3.63) is 59.7 Å². The van der Waals surface area contributed by atoms with Gasteiger partial charge < -0.3 is 18.9 Å². The van der Waals surface area contributed by atoms with E-state index in [-0.39, 0.29) is 17.4 Å². The minimum absolute atomic E-state index is 0.274. The third-order valence-corrected chi connectivity index (χ3v) is 4.78. The Morgan fingerprint density at radius 1 is 0.778 bits per heavy atom. The van der Waals surface area contributed by atoms with Gasteiger partial charge in [0.2, 0.25) is 0 Å². The highest BCUT2D eigenvalue weighted by Crippen LogP contribution is 2.33. The lowest BCUT2D eigenvalue weighted by atomic mass is 9.78. The normalized spacial score (nSPS) is 20.7. The van der Waals surface area contributed by atoms with E-state index in [1.807, 2.05) is 24.3 Å². The van der Waals surface area contributed by atoms with Gasteiger partial charge >= 0.3 is 11.9 Å². The van der Waals surface area contributed by atoms with Gasteiger partial charge in [-0.1, -0.05) is 38.1 Å². The zero-order valence-electron chi connectivity index (χ0n) is 15.1. The van der Waals surface area contributed by atoms with E-state index >= 15 is 0 Å². The van der Waals surface area contributed by atoms with Gasteiger partial charge in [0, 0.05) is 5.41 Å². The van der Waals surface area contributed by atoms with Crippen LogP contribution in [0.4, 0.5) is 0 Å². The van der Waals surface area contributed by atoms with Crippen LogP contribution in [-0.2, 0) is 24.5 Å². The summed E-state index contributed by atoms with van der Waals surface area (Å²) in [4.78, 5) is 23.3. The number of esters is 2. The van der Waals surface area contributed by atoms with Crippen molar-refractivity contribution >= 4 is 11.9 Å². The van der Waals surface area contributed by atoms with Crippen molar-refractivity contribution in [3.8, 4) is 11.5 Å². The number of hydrogen-bond donors (Lipinski definition) is 0. The lowest BCUT2D eigenvalue weighted by molar-refractivity contribution is -0.136. The highest BCUT2D eigenvalue weighted by molar-refractivity contribution is 5.79. The number of ether oxygens (including phenoxy) is 4. The Balaban J connectivity index is 1.44. The first-order chi connectivity index (χ1) is 12.9. The molecule has 2 aromatic rings. The zero-order valence-corrected chi connectivity index (χ0v) is 15.1. The van der Waals surface area contributed by atoms with Crippen LogP contribution in [0.25, 0.3) is 0 Å². The van der Waals surface area contributed by atoms with E-state index < -0.39 is 12.2 Å². The van der Waals surface area contributed by atoms with Gasteiger partial charge in [-0.2, -0.15) is 0 Å². The van der Waals surface area contributed by atoms with Gasteiger partial charge in [-0.25, -0.2) is 9.59 Å². The Morgan fingerprint density at radius 3 is 1.41 bits per heavy atom. The Bertz CT molecular complexity index is 774. The van der Waals surface area contributed by atoms with Gasteiger partial charge in [0.05, 0.1) is 13.2 Å². The van der Waals surface area contributed by atoms with E-state index in [0.29, 0.717) is 24.7 Å². The molecule has 6 heteroatoms. The van der Waals surface area contributed by atoms with Crippen LogP contribution < -0.4 is 9.47 Å². The summed E-state index contributed by atoms with van der Waals surface area (Å²) in [6.45, 7) is 5.07. The van der Waals surface area contributed by atoms with Gasteiger partial charge in [-0.15, -0.1) is 0 Å². The maximum Gasteiger partial charge on any atom is 0.343 e. The molecule has 2 atom stereocenters. The minimum atomic E-state index is -0.416. The summed E-state index contributed by atoms with van der Waals surface area (Å²) < 4.78 is 20.4. The topological polar surface area (TPSA) is 77.7 Å². The summed E-state index contributed by atoms with van der Waals surface area (Å²) in [5.74, 6) is 0.284. The number of benzene rings is 2. The van der Waals surface area contributed by atoms with Crippen LogP contribution >= 0.6 is 0 Å². The van der Waals surface area contributed by atoms with Gasteiger partial charge in [-0.05, 0) is 35.4 Å². The number of rotatable bonds is 6. The SMILES string of the molecule is CC(C)(c1ccc(OC(=O)C2CO2)cc1)c1ccc(OC(=O)C2CO2)cc1. The number of carbonyl (C=O) groups is 2. The Kier molecular flexibility index (Phi) is 4.45. The fraction of sp³-hybridized carbons (Fsp3) is 0.333. The molecule has 0 saturated carbocycles. The summed E-state index contributed by atoms with van der Waals surface area (Å²) in [7, 11) is 0. The molecule has 0 N–H and O–H groups in total. The van der Waals surface area contributed by atoms with E-state index in [1.54, 1.807) is 24.3 Å². The molecule has 0 spiro atoms. The fourth-order valence-electron chi connectivity index (χ4n) is 2.78. The molecule has 27 heavy (non-hydrogen) atoms. The predicted molar refractivity (Wildman–Crippen MR) is 95.8 cm³/mol. The van der Waals surface area contributed by atoms with Crippen molar-refractivity contribution in [2.45, 2.75) is 31.5 Å². The van der Waals surface area contributed by atoms with Gasteiger partial charge in [0.15, 0.2) is 12.2 Å². The number of epoxide rings is 2. The molecule has 2 aliphatic rings. The molecule has 4 rings (SSSR count). The van der Waals surface area contributed by atoms with Crippen LogP contribution in [0.2, 0.25) is 0 Å². The Hall–Kier alpha value is -2.70. The Labute approximate surface area is 157 Å². The van der Waals surface area contributed by atoms with E-state index in [2.05, 4.69) is 13.8 Å². The lowest BCUT2D eigenvalue weighted by Crippen LogP contribution is -2.19. The molecule has 2 unspecified atom stereocenters. The maximum atomic E-state index is 11.6. The highest BCUT2D eigenvalue weighted by Gasteiger charge is 2.34. The van der Waals surface area contributed by atoms with Crippen molar-refractivity contribution < 1.29 is 28.5 Å². The molecule has 0 aliphatic carbocycles. The summed E-state index contributed by atoms with van der Waals surface area (Å²) in [5, 5.41) is 0. The van der Waals surface area contributed by atoms with Gasteiger partial charge in [0.1, 0.15) is 11.5 Å². The summed E-state index contributed by atoms with van der Waals surface area (Å²) >= 11 is 0. The zero-order chi connectivity index (χ0) is 19.0. The first-order valence-electron chi connectivity index (χ1n) is 8.81. The molecule has 0 radical (unpaired) electrons.